The fraction of sp³-hybridized carbons (Fsp3) is 0.750. The van der Waals surface area contributed by atoms with Crippen LogP contribution in [0.3, 0.4) is 0 Å². The van der Waals surface area contributed by atoms with E-state index in [0.717, 1.165) is 19.5 Å². The molecular weight excluding hydrogens is 124 g/mol. The minimum atomic E-state index is 0.585. The molecule has 0 radical (unpaired) electrons. The Morgan fingerprint density at radius 2 is 2.10 bits per heavy atom. The first-order chi connectivity index (χ1) is 4.86. The molecular formula is C8H16N2. The van der Waals surface area contributed by atoms with Crippen LogP contribution in [0.5, 0.6) is 0 Å². The molecule has 2 unspecified atom stereocenters. The van der Waals surface area contributed by atoms with E-state index in [4.69, 9.17) is 11.5 Å². The van der Waals surface area contributed by atoms with E-state index in [0.29, 0.717) is 11.8 Å². The van der Waals surface area contributed by atoms with Gasteiger partial charge in [-0.2, -0.15) is 0 Å². The lowest BCUT2D eigenvalue weighted by Crippen LogP contribution is -2.23. The van der Waals surface area contributed by atoms with Gasteiger partial charge in [-0.3, -0.25) is 0 Å². The molecule has 0 fully saturated rings. The van der Waals surface area contributed by atoms with Crippen LogP contribution in [0.15, 0.2) is 12.2 Å². The first-order valence-corrected chi connectivity index (χ1v) is 3.93. The largest absolute Gasteiger partial charge is 0.330 e. The monoisotopic (exact) mass is 140 g/mol. The maximum absolute atomic E-state index is 5.55. The van der Waals surface area contributed by atoms with Gasteiger partial charge in [-0.05, 0) is 37.8 Å². The highest BCUT2D eigenvalue weighted by Gasteiger charge is 2.14. The molecule has 0 aromatic heterocycles. The van der Waals surface area contributed by atoms with Crippen LogP contribution in [0.2, 0.25) is 0 Å². The zero-order chi connectivity index (χ0) is 7.40. The van der Waals surface area contributed by atoms with Crippen LogP contribution >= 0.6 is 0 Å². The second-order valence-corrected chi connectivity index (χ2v) is 3.00. The fourth-order valence-corrected chi connectivity index (χ4v) is 1.43. The lowest BCUT2D eigenvalue weighted by Gasteiger charge is -2.21. The normalized spacial score (nSPS) is 32.6. The molecule has 10 heavy (non-hydrogen) atoms. The Morgan fingerprint density at radius 1 is 1.30 bits per heavy atom. The fourth-order valence-electron chi connectivity index (χ4n) is 1.43. The van der Waals surface area contributed by atoms with Gasteiger partial charge in [0.25, 0.3) is 0 Å². The standard InChI is InChI=1S/C8H16N2/c9-5-7-2-1-3-8(4-7)6-10/h1-2,7-8H,3-6,9-10H2. The van der Waals surface area contributed by atoms with Gasteiger partial charge in [0.1, 0.15) is 0 Å². The van der Waals surface area contributed by atoms with Crippen molar-refractivity contribution in [3.05, 3.63) is 12.2 Å². The van der Waals surface area contributed by atoms with E-state index in [-0.39, 0.29) is 0 Å². The molecule has 4 N–H and O–H groups in total. The Morgan fingerprint density at radius 3 is 2.70 bits per heavy atom. The third-order valence-corrected chi connectivity index (χ3v) is 2.15. The van der Waals surface area contributed by atoms with Crippen LogP contribution in [0.25, 0.3) is 0 Å². The van der Waals surface area contributed by atoms with E-state index >= 15 is 0 Å². The molecule has 1 aliphatic rings. The summed E-state index contributed by atoms with van der Waals surface area (Å²) in [4.78, 5) is 0. The van der Waals surface area contributed by atoms with Crippen molar-refractivity contribution >= 4 is 0 Å². The number of rotatable bonds is 2. The number of nitrogens with two attached hydrogens (primary N) is 2. The van der Waals surface area contributed by atoms with E-state index in [1.807, 2.05) is 0 Å². The van der Waals surface area contributed by atoms with E-state index in [2.05, 4.69) is 12.2 Å². The average molecular weight is 140 g/mol. The van der Waals surface area contributed by atoms with Gasteiger partial charge in [0.2, 0.25) is 0 Å². The summed E-state index contributed by atoms with van der Waals surface area (Å²) in [5, 5.41) is 0. The highest BCUT2D eigenvalue weighted by molar-refractivity contribution is 4.96. The molecule has 1 aliphatic carbocycles. The van der Waals surface area contributed by atoms with Crippen molar-refractivity contribution < 1.29 is 0 Å². The molecule has 0 saturated carbocycles. The highest BCUT2D eigenvalue weighted by atomic mass is 14.6. The van der Waals surface area contributed by atoms with Crippen LogP contribution in [0, 0.1) is 11.8 Å². The minimum Gasteiger partial charge on any atom is -0.330 e. The Bertz CT molecular complexity index is 120. The van der Waals surface area contributed by atoms with Crippen molar-refractivity contribution in [2.24, 2.45) is 23.3 Å². The van der Waals surface area contributed by atoms with Crippen LogP contribution in [-0.2, 0) is 0 Å². The third-order valence-electron chi connectivity index (χ3n) is 2.15. The second-order valence-electron chi connectivity index (χ2n) is 3.00. The summed E-state index contributed by atoms with van der Waals surface area (Å²) in [6.45, 7) is 1.58. The molecule has 0 heterocycles. The summed E-state index contributed by atoms with van der Waals surface area (Å²) in [6, 6.07) is 0. The molecule has 1 rings (SSSR count). The Hall–Kier alpha value is -0.340. The molecule has 2 nitrogen and oxygen atoms in total. The van der Waals surface area contributed by atoms with Gasteiger partial charge in [-0.15, -0.1) is 0 Å². The number of hydrogen-bond acceptors (Lipinski definition) is 2. The van der Waals surface area contributed by atoms with Gasteiger partial charge < -0.3 is 11.5 Å². The smallest absolute Gasteiger partial charge is 0.00141 e. The molecule has 0 amide bonds. The van der Waals surface area contributed by atoms with Crippen molar-refractivity contribution in [1.82, 2.24) is 0 Å². The molecule has 2 atom stereocenters. The molecule has 0 aromatic rings. The Labute approximate surface area is 62.3 Å². The zero-order valence-electron chi connectivity index (χ0n) is 6.29. The number of hydrogen-bond donors (Lipinski definition) is 2. The van der Waals surface area contributed by atoms with Crippen molar-refractivity contribution in [3.8, 4) is 0 Å². The average Bonchev–Trinajstić information content (AvgIpc) is 2.05. The molecule has 0 aliphatic heterocycles. The highest BCUT2D eigenvalue weighted by Crippen LogP contribution is 2.21. The van der Waals surface area contributed by atoms with Crippen molar-refractivity contribution in [2.45, 2.75) is 12.8 Å². The van der Waals surface area contributed by atoms with Crippen LogP contribution in [0.4, 0.5) is 0 Å². The molecule has 0 bridgehead atoms. The predicted molar refractivity (Wildman–Crippen MR) is 43.5 cm³/mol. The van der Waals surface area contributed by atoms with Crippen LogP contribution < -0.4 is 11.5 Å². The topological polar surface area (TPSA) is 52.0 Å². The molecule has 0 aromatic carbocycles. The van der Waals surface area contributed by atoms with Crippen molar-refractivity contribution in [3.63, 3.8) is 0 Å². The maximum Gasteiger partial charge on any atom is -0.00141 e. The molecule has 58 valence electrons. The summed E-state index contributed by atoms with van der Waals surface area (Å²) in [5.41, 5.74) is 11.1. The predicted octanol–water partition coefficient (Wildman–Crippen LogP) is 0.486. The minimum absolute atomic E-state index is 0.585. The summed E-state index contributed by atoms with van der Waals surface area (Å²) >= 11 is 0. The lowest BCUT2D eigenvalue weighted by molar-refractivity contribution is 0.411. The van der Waals surface area contributed by atoms with E-state index < -0.39 is 0 Å². The van der Waals surface area contributed by atoms with Gasteiger partial charge in [-0.25, -0.2) is 0 Å². The van der Waals surface area contributed by atoms with E-state index in [1.165, 1.54) is 6.42 Å². The second kappa shape index (κ2) is 3.74. The summed E-state index contributed by atoms with van der Waals surface area (Å²) < 4.78 is 0. The SMILES string of the molecule is NCC1C=CCC(CN)C1. The summed E-state index contributed by atoms with van der Waals surface area (Å²) in [7, 11) is 0. The number of allylic oxidation sites excluding steroid dienone is 1. The van der Waals surface area contributed by atoms with Crippen LogP contribution in [0.1, 0.15) is 12.8 Å². The van der Waals surface area contributed by atoms with Gasteiger partial charge >= 0.3 is 0 Å². The molecule has 0 spiro atoms. The summed E-state index contributed by atoms with van der Waals surface area (Å²) in [5.74, 6) is 1.26. The van der Waals surface area contributed by atoms with Crippen molar-refractivity contribution in [1.29, 1.82) is 0 Å². The maximum atomic E-state index is 5.55. The van der Waals surface area contributed by atoms with Gasteiger partial charge in [0, 0.05) is 0 Å². The molecule has 2 heteroatoms. The van der Waals surface area contributed by atoms with Crippen LogP contribution in [-0.4, -0.2) is 13.1 Å². The Balaban J connectivity index is 2.38. The molecule has 0 saturated heterocycles. The van der Waals surface area contributed by atoms with Gasteiger partial charge in [0.15, 0.2) is 0 Å². The van der Waals surface area contributed by atoms with E-state index in [9.17, 15) is 0 Å². The zero-order valence-corrected chi connectivity index (χ0v) is 6.29. The van der Waals surface area contributed by atoms with E-state index in [1.54, 1.807) is 0 Å². The summed E-state index contributed by atoms with van der Waals surface area (Å²) in [6.07, 6.45) is 6.75. The first kappa shape index (κ1) is 7.76. The Kier molecular flexibility index (Phi) is 2.90. The third kappa shape index (κ3) is 1.82. The van der Waals surface area contributed by atoms with Gasteiger partial charge in [0.05, 0.1) is 0 Å². The van der Waals surface area contributed by atoms with Gasteiger partial charge in [-0.1, -0.05) is 12.2 Å². The lowest BCUT2D eigenvalue weighted by atomic mass is 9.87. The quantitative estimate of drug-likeness (QED) is 0.548. The van der Waals surface area contributed by atoms with Crippen molar-refractivity contribution in [2.75, 3.05) is 13.1 Å². The first-order valence-electron chi connectivity index (χ1n) is 3.93.